The fourth-order valence-corrected chi connectivity index (χ4v) is 3.78. The molecule has 0 bridgehead atoms. The van der Waals surface area contributed by atoms with Crippen molar-refractivity contribution in [3.05, 3.63) is 33.9 Å². The Morgan fingerprint density at radius 3 is 2.37 bits per heavy atom. The van der Waals surface area contributed by atoms with Crippen LogP contribution in [-0.2, 0) is 11.3 Å². The minimum atomic E-state index is -0.382. The molecule has 0 N–H and O–H groups in total. The van der Waals surface area contributed by atoms with Crippen molar-refractivity contribution in [3.8, 4) is 5.75 Å². The van der Waals surface area contributed by atoms with Gasteiger partial charge < -0.3 is 9.64 Å². The van der Waals surface area contributed by atoms with Crippen LogP contribution in [-0.4, -0.2) is 78.5 Å². The molecular formula is C19H28N4O4. The Morgan fingerprint density at radius 1 is 1.07 bits per heavy atom. The standard InChI is InChI=1S/C19H28N4O4/c1-27-18-6-5-17(23(25)26)13-16(18)14-20-9-11-21(12-10-20)15-19(24)22-7-3-2-4-8-22/h5-6,13H,2-4,7-12,14-15H2,1H3. The average Bonchev–Trinajstić information content (AvgIpc) is 2.70. The van der Waals surface area contributed by atoms with Crippen LogP contribution in [0.5, 0.6) is 5.75 Å². The van der Waals surface area contributed by atoms with Crippen molar-refractivity contribution in [2.24, 2.45) is 0 Å². The van der Waals surface area contributed by atoms with Gasteiger partial charge in [-0.25, -0.2) is 0 Å². The van der Waals surface area contributed by atoms with Gasteiger partial charge >= 0.3 is 0 Å². The molecule has 0 radical (unpaired) electrons. The molecule has 2 heterocycles. The summed E-state index contributed by atoms with van der Waals surface area (Å²) in [6.07, 6.45) is 3.46. The summed E-state index contributed by atoms with van der Waals surface area (Å²) in [5.74, 6) is 0.909. The van der Waals surface area contributed by atoms with E-state index in [0.717, 1.165) is 57.7 Å². The minimum absolute atomic E-state index is 0.0802. The van der Waals surface area contributed by atoms with Crippen LogP contribution in [0.1, 0.15) is 24.8 Å². The summed E-state index contributed by atoms with van der Waals surface area (Å²) in [4.78, 5) is 29.5. The van der Waals surface area contributed by atoms with Gasteiger partial charge in [0, 0.05) is 63.5 Å². The van der Waals surface area contributed by atoms with E-state index in [1.54, 1.807) is 19.2 Å². The molecule has 0 aliphatic carbocycles. The van der Waals surface area contributed by atoms with Crippen LogP contribution in [0.25, 0.3) is 0 Å². The third-order valence-electron chi connectivity index (χ3n) is 5.40. The second kappa shape index (κ2) is 9.14. The number of piperazine rings is 1. The molecule has 0 saturated carbocycles. The molecule has 27 heavy (non-hydrogen) atoms. The van der Waals surface area contributed by atoms with Crippen molar-refractivity contribution >= 4 is 11.6 Å². The Bertz CT molecular complexity index is 668. The maximum Gasteiger partial charge on any atom is 0.270 e. The number of nitrogens with zero attached hydrogens (tertiary/aromatic N) is 4. The summed E-state index contributed by atoms with van der Waals surface area (Å²) in [6, 6.07) is 4.71. The number of hydrogen-bond acceptors (Lipinski definition) is 6. The highest BCUT2D eigenvalue weighted by Crippen LogP contribution is 2.25. The molecule has 1 aromatic carbocycles. The van der Waals surface area contributed by atoms with E-state index < -0.39 is 0 Å². The number of non-ortho nitro benzene ring substituents is 1. The highest BCUT2D eigenvalue weighted by molar-refractivity contribution is 5.78. The first kappa shape index (κ1) is 19.6. The van der Waals surface area contributed by atoms with E-state index in [1.165, 1.54) is 12.5 Å². The zero-order chi connectivity index (χ0) is 19.2. The molecule has 8 nitrogen and oxygen atoms in total. The zero-order valence-electron chi connectivity index (χ0n) is 15.9. The first-order chi connectivity index (χ1) is 13.1. The molecule has 148 valence electrons. The summed E-state index contributed by atoms with van der Waals surface area (Å²) >= 11 is 0. The summed E-state index contributed by atoms with van der Waals surface area (Å²) in [7, 11) is 1.58. The van der Waals surface area contributed by atoms with Crippen molar-refractivity contribution in [2.45, 2.75) is 25.8 Å². The molecule has 1 amide bonds. The molecule has 0 aromatic heterocycles. The quantitative estimate of drug-likeness (QED) is 0.556. The normalized spacial score (nSPS) is 19.1. The number of benzene rings is 1. The van der Waals surface area contributed by atoms with Gasteiger partial charge in [-0.1, -0.05) is 0 Å². The van der Waals surface area contributed by atoms with Gasteiger partial charge in [0.2, 0.25) is 5.91 Å². The molecule has 1 aromatic rings. The molecule has 2 fully saturated rings. The second-order valence-corrected chi connectivity index (χ2v) is 7.25. The number of nitro groups is 1. The fourth-order valence-electron chi connectivity index (χ4n) is 3.78. The van der Waals surface area contributed by atoms with Gasteiger partial charge in [0.15, 0.2) is 0 Å². The number of methoxy groups -OCH3 is 1. The van der Waals surface area contributed by atoms with Gasteiger partial charge in [0.05, 0.1) is 18.6 Å². The van der Waals surface area contributed by atoms with E-state index in [-0.39, 0.29) is 16.5 Å². The number of carbonyl (C=O) groups is 1. The number of nitro benzene ring substituents is 1. The van der Waals surface area contributed by atoms with Crippen molar-refractivity contribution in [1.29, 1.82) is 0 Å². The lowest BCUT2D eigenvalue weighted by Crippen LogP contribution is -2.50. The Hall–Kier alpha value is -2.19. The predicted molar refractivity (Wildman–Crippen MR) is 102 cm³/mol. The van der Waals surface area contributed by atoms with Crippen molar-refractivity contribution < 1.29 is 14.5 Å². The lowest BCUT2D eigenvalue weighted by Gasteiger charge is -2.36. The van der Waals surface area contributed by atoms with E-state index in [9.17, 15) is 14.9 Å². The number of carbonyl (C=O) groups excluding carboxylic acids is 1. The Morgan fingerprint density at radius 2 is 1.74 bits per heavy atom. The number of ether oxygens (including phenoxy) is 1. The van der Waals surface area contributed by atoms with Crippen molar-refractivity contribution in [2.75, 3.05) is 52.9 Å². The Labute approximate surface area is 159 Å². The van der Waals surface area contributed by atoms with Crippen LogP contribution in [0.4, 0.5) is 5.69 Å². The van der Waals surface area contributed by atoms with Gasteiger partial charge in [0.25, 0.3) is 5.69 Å². The van der Waals surface area contributed by atoms with Crippen LogP contribution < -0.4 is 4.74 Å². The molecular weight excluding hydrogens is 348 g/mol. The van der Waals surface area contributed by atoms with E-state index in [2.05, 4.69) is 9.80 Å². The maximum atomic E-state index is 12.4. The second-order valence-electron chi connectivity index (χ2n) is 7.25. The van der Waals surface area contributed by atoms with Crippen LogP contribution in [0.15, 0.2) is 18.2 Å². The van der Waals surface area contributed by atoms with Crippen molar-refractivity contribution in [1.82, 2.24) is 14.7 Å². The predicted octanol–water partition coefficient (Wildman–Crippen LogP) is 1.73. The first-order valence-electron chi connectivity index (χ1n) is 9.60. The largest absolute Gasteiger partial charge is 0.496 e. The average molecular weight is 376 g/mol. The number of likely N-dealkylation sites (tertiary alicyclic amines) is 1. The van der Waals surface area contributed by atoms with Crippen LogP contribution >= 0.6 is 0 Å². The highest BCUT2D eigenvalue weighted by atomic mass is 16.6. The topological polar surface area (TPSA) is 79.2 Å². The van der Waals surface area contributed by atoms with Gasteiger partial charge in [0.1, 0.15) is 5.75 Å². The van der Waals surface area contributed by atoms with Gasteiger partial charge in [-0.15, -0.1) is 0 Å². The molecule has 2 aliphatic heterocycles. The highest BCUT2D eigenvalue weighted by Gasteiger charge is 2.23. The molecule has 0 unspecified atom stereocenters. The third kappa shape index (κ3) is 5.17. The molecule has 0 atom stereocenters. The maximum absolute atomic E-state index is 12.4. The minimum Gasteiger partial charge on any atom is -0.496 e. The summed E-state index contributed by atoms with van der Waals surface area (Å²) in [6.45, 7) is 6.22. The van der Waals surface area contributed by atoms with Crippen LogP contribution in [0, 0.1) is 10.1 Å². The lowest BCUT2D eigenvalue weighted by molar-refractivity contribution is -0.385. The van der Waals surface area contributed by atoms with E-state index in [0.29, 0.717) is 18.8 Å². The van der Waals surface area contributed by atoms with E-state index in [1.807, 2.05) is 4.90 Å². The number of piperidine rings is 1. The van der Waals surface area contributed by atoms with Gasteiger partial charge in [-0.05, 0) is 25.3 Å². The molecule has 3 rings (SSSR count). The molecule has 2 saturated heterocycles. The number of hydrogen-bond donors (Lipinski definition) is 0. The van der Waals surface area contributed by atoms with Crippen LogP contribution in [0.3, 0.4) is 0 Å². The summed E-state index contributed by atoms with van der Waals surface area (Å²) in [5.41, 5.74) is 0.904. The SMILES string of the molecule is COc1ccc([N+](=O)[O-])cc1CN1CCN(CC(=O)N2CCCCC2)CC1. The smallest absolute Gasteiger partial charge is 0.270 e. The van der Waals surface area contributed by atoms with Crippen molar-refractivity contribution in [3.63, 3.8) is 0 Å². The Balaban J connectivity index is 1.51. The number of rotatable bonds is 6. The third-order valence-corrected chi connectivity index (χ3v) is 5.40. The monoisotopic (exact) mass is 376 g/mol. The van der Waals surface area contributed by atoms with E-state index in [4.69, 9.17) is 4.74 Å². The lowest BCUT2D eigenvalue weighted by atomic mass is 10.1. The van der Waals surface area contributed by atoms with Crippen LogP contribution in [0.2, 0.25) is 0 Å². The van der Waals surface area contributed by atoms with E-state index >= 15 is 0 Å². The fraction of sp³-hybridized carbons (Fsp3) is 0.632. The molecule has 8 heteroatoms. The zero-order valence-corrected chi connectivity index (χ0v) is 15.9. The van der Waals surface area contributed by atoms with Gasteiger partial charge in [-0.3, -0.25) is 24.7 Å². The van der Waals surface area contributed by atoms with Gasteiger partial charge in [-0.2, -0.15) is 0 Å². The first-order valence-corrected chi connectivity index (χ1v) is 9.60. The molecule has 2 aliphatic rings. The summed E-state index contributed by atoms with van der Waals surface area (Å²) < 4.78 is 5.35. The molecule has 0 spiro atoms. The Kier molecular flexibility index (Phi) is 6.63. The summed E-state index contributed by atoms with van der Waals surface area (Å²) in [5, 5.41) is 11.0. The number of amides is 1.